The molecule has 30 heavy (non-hydrogen) atoms. The van der Waals surface area contributed by atoms with E-state index in [1.165, 1.54) is 6.42 Å². The van der Waals surface area contributed by atoms with Gasteiger partial charge in [-0.25, -0.2) is 0 Å². The monoisotopic (exact) mass is 408 g/mol. The first-order chi connectivity index (χ1) is 14.5. The molecule has 2 aromatic carbocycles. The molecule has 0 bridgehead atoms. The summed E-state index contributed by atoms with van der Waals surface area (Å²) in [5.41, 5.74) is 2.10. The Morgan fingerprint density at radius 2 is 1.73 bits per heavy atom. The minimum absolute atomic E-state index is 0.120. The van der Waals surface area contributed by atoms with Gasteiger partial charge in [0.05, 0.1) is 11.3 Å². The highest BCUT2D eigenvalue weighted by molar-refractivity contribution is 6.05. The number of likely N-dealkylation sites (N-methyl/N-ethyl adjacent to an activating group) is 1. The molecule has 1 atom stereocenters. The highest BCUT2D eigenvalue weighted by atomic mass is 16.5. The second-order valence-corrected chi connectivity index (χ2v) is 8.00. The summed E-state index contributed by atoms with van der Waals surface area (Å²) >= 11 is 0. The molecular formula is C25H32N2O3. The lowest BCUT2D eigenvalue weighted by atomic mass is 9.95. The van der Waals surface area contributed by atoms with Gasteiger partial charge in [-0.1, -0.05) is 56.5 Å². The third-order valence-electron chi connectivity index (χ3n) is 5.79. The zero-order valence-electron chi connectivity index (χ0n) is 18.2. The van der Waals surface area contributed by atoms with Gasteiger partial charge in [0.15, 0.2) is 6.10 Å². The molecule has 160 valence electrons. The summed E-state index contributed by atoms with van der Waals surface area (Å²) in [4.78, 5) is 27.7. The Hall–Kier alpha value is -2.82. The van der Waals surface area contributed by atoms with E-state index in [4.69, 9.17) is 4.74 Å². The molecule has 2 aromatic rings. The van der Waals surface area contributed by atoms with E-state index in [0.29, 0.717) is 23.4 Å². The maximum atomic E-state index is 13.2. The number of nitrogens with one attached hydrogen (secondary N) is 1. The number of anilines is 1. The van der Waals surface area contributed by atoms with Crippen LogP contribution in [0.1, 0.15) is 61.4 Å². The van der Waals surface area contributed by atoms with E-state index in [2.05, 4.69) is 5.32 Å². The van der Waals surface area contributed by atoms with Crippen LogP contribution in [0.15, 0.2) is 48.5 Å². The van der Waals surface area contributed by atoms with Crippen molar-refractivity contribution >= 4 is 17.5 Å². The first kappa shape index (κ1) is 21.9. The summed E-state index contributed by atoms with van der Waals surface area (Å²) < 4.78 is 6.03. The van der Waals surface area contributed by atoms with Crippen molar-refractivity contribution in [2.24, 2.45) is 0 Å². The molecule has 5 heteroatoms. The van der Waals surface area contributed by atoms with Gasteiger partial charge in [0, 0.05) is 13.1 Å². The van der Waals surface area contributed by atoms with Crippen LogP contribution in [0.5, 0.6) is 5.75 Å². The van der Waals surface area contributed by atoms with Crippen LogP contribution in [0.3, 0.4) is 0 Å². The van der Waals surface area contributed by atoms with Crippen LogP contribution in [0.2, 0.25) is 0 Å². The summed E-state index contributed by atoms with van der Waals surface area (Å²) in [5, 5.41) is 3.15. The molecule has 2 amide bonds. The molecule has 0 saturated heterocycles. The minimum Gasteiger partial charge on any atom is -0.480 e. The van der Waals surface area contributed by atoms with Crippen molar-refractivity contribution in [1.82, 2.24) is 5.32 Å². The molecule has 0 aliphatic heterocycles. The van der Waals surface area contributed by atoms with Crippen LogP contribution >= 0.6 is 0 Å². The molecule has 0 spiro atoms. The first-order valence-electron chi connectivity index (χ1n) is 10.9. The van der Waals surface area contributed by atoms with E-state index in [1.807, 2.05) is 56.3 Å². The zero-order valence-corrected chi connectivity index (χ0v) is 18.2. The fourth-order valence-electron chi connectivity index (χ4n) is 3.95. The SMILES string of the molecule is CCC(Oc1ccccc1C)C(=O)N(C)c1ccccc1C(=O)NC1CCCCC1. The minimum atomic E-state index is -0.620. The Kier molecular flexibility index (Phi) is 7.50. The second-order valence-electron chi connectivity index (χ2n) is 8.00. The number of benzene rings is 2. The maximum absolute atomic E-state index is 13.2. The van der Waals surface area contributed by atoms with Crippen LogP contribution in [0.25, 0.3) is 0 Å². The van der Waals surface area contributed by atoms with Crippen LogP contribution in [-0.2, 0) is 4.79 Å². The molecular weight excluding hydrogens is 376 g/mol. The smallest absolute Gasteiger partial charge is 0.267 e. The molecule has 0 heterocycles. The van der Waals surface area contributed by atoms with Gasteiger partial charge in [-0.2, -0.15) is 0 Å². The van der Waals surface area contributed by atoms with Gasteiger partial charge in [-0.05, 0) is 49.9 Å². The molecule has 1 aliphatic carbocycles. The summed E-state index contributed by atoms with van der Waals surface area (Å²) in [7, 11) is 1.71. The van der Waals surface area contributed by atoms with Crippen LogP contribution in [-0.4, -0.2) is 31.0 Å². The summed E-state index contributed by atoms with van der Waals surface area (Å²) in [6.45, 7) is 3.89. The number of hydrogen-bond acceptors (Lipinski definition) is 3. The Morgan fingerprint density at radius 3 is 2.43 bits per heavy atom. The largest absolute Gasteiger partial charge is 0.480 e. The summed E-state index contributed by atoms with van der Waals surface area (Å²) in [5.74, 6) is 0.415. The van der Waals surface area contributed by atoms with E-state index in [-0.39, 0.29) is 17.9 Å². The normalized spacial score (nSPS) is 15.3. The van der Waals surface area contributed by atoms with Crippen molar-refractivity contribution in [2.45, 2.75) is 64.5 Å². The molecule has 1 N–H and O–H groups in total. The highest BCUT2D eigenvalue weighted by Crippen LogP contribution is 2.24. The third kappa shape index (κ3) is 5.21. The second kappa shape index (κ2) is 10.3. The molecule has 1 fully saturated rings. The number of amides is 2. The number of hydrogen-bond donors (Lipinski definition) is 1. The van der Waals surface area contributed by atoms with E-state index in [1.54, 1.807) is 18.0 Å². The predicted molar refractivity (Wildman–Crippen MR) is 120 cm³/mol. The van der Waals surface area contributed by atoms with Gasteiger partial charge in [-0.15, -0.1) is 0 Å². The lowest BCUT2D eigenvalue weighted by molar-refractivity contribution is -0.125. The van der Waals surface area contributed by atoms with E-state index < -0.39 is 6.10 Å². The van der Waals surface area contributed by atoms with Gasteiger partial charge < -0.3 is 15.0 Å². The maximum Gasteiger partial charge on any atom is 0.267 e. The summed E-state index contributed by atoms with van der Waals surface area (Å²) in [6, 6.07) is 15.2. The fraction of sp³-hybridized carbons (Fsp3) is 0.440. The van der Waals surface area contributed by atoms with Gasteiger partial charge >= 0.3 is 0 Å². The molecule has 3 rings (SSSR count). The topological polar surface area (TPSA) is 58.6 Å². The van der Waals surface area contributed by atoms with Crippen molar-refractivity contribution < 1.29 is 14.3 Å². The van der Waals surface area contributed by atoms with E-state index in [9.17, 15) is 9.59 Å². The van der Waals surface area contributed by atoms with E-state index >= 15 is 0 Å². The standard InChI is InChI=1S/C25H32N2O3/c1-4-22(30-23-17-11-8-12-18(23)2)25(29)27(3)21-16-10-9-15-20(21)24(28)26-19-13-6-5-7-14-19/h8-12,15-17,19,22H,4-7,13-14H2,1-3H3,(H,26,28). The number of rotatable bonds is 7. The number of aryl methyl sites for hydroxylation is 1. The van der Waals surface area contributed by atoms with Gasteiger partial charge in [-0.3, -0.25) is 9.59 Å². The average molecular weight is 409 g/mol. The Balaban J connectivity index is 1.76. The van der Waals surface area contributed by atoms with Crippen molar-refractivity contribution in [3.8, 4) is 5.75 Å². The van der Waals surface area contributed by atoms with Crippen LogP contribution < -0.4 is 15.0 Å². The van der Waals surface area contributed by atoms with Gasteiger partial charge in [0.25, 0.3) is 11.8 Å². The fourth-order valence-corrected chi connectivity index (χ4v) is 3.95. The molecule has 5 nitrogen and oxygen atoms in total. The quantitative estimate of drug-likeness (QED) is 0.710. The van der Waals surface area contributed by atoms with Crippen molar-refractivity contribution in [3.05, 3.63) is 59.7 Å². The Labute approximate surface area is 179 Å². The molecule has 0 radical (unpaired) electrons. The van der Waals surface area contributed by atoms with Crippen molar-refractivity contribution in [2.75, 3.05) is 11.9 Å². The number of para-hydroxylation sites is 2. The predicted octanol–water partition coefficient (Wildman–Crippen LogP) is 4.88. The number of carbonyl (C=O) groups excluding carboxylic acids is 2. The number of carbonyl (C=O) groups is 2. The highest BCUT2D eigenvalue weighted by Gasteiger charge is 2.27. The van der Waals surface area contributed by atoms with Crippen LogP contribution in [0.4, 0.5) is 5.69 Å². The van der Waals surface area contributed by atoms with E-state index in [0.717, 1.165) is 31.2 Å². The Bertz CT molecular complexity index is 874. The Morgan fingerprint density at radius 1 is 1.07 bits per heavy atom. The van der Waals surface area contributed by atoms with Crippen LogP contribution in [0, 0.1) is 6.92 Å². The average Bonchev–Trinajstić information content (AvgIpc) is 2.78. The summed E-state index contributed by atoms with van der Waals surface area (Å²) in [6.07, 6.45) is 5.49. The number of nitrogens with zero attached hydrogens (tertiary/aromatic N) is 1. The molecule has 1 aliphatic rings. The molecule has 0 aromatic heterocycles. The van der Waals surface area contributed by atoms with Crippen molar-refractivity contribution in [1.29, 1.82) is 0 Å². The third-order valence-corrected chi connectivity index (χ3v) is 5.79. The lowest BCUT2D eigenvalue weighted by Crippen LogP contribution is -2.41. The molecule has 1 saturated carbocycles. The number of ether oxygens (including phenoxy) is 1. The van der Waals surface area contributed by atoms with Gasteiger partial charge in [0.1, 0.15) is 5.75 Å². The van der Waals surface area contributed by atoms with Gasteiger partial charge in [0.2, 0.25) is 0 Å². The lowest BCUT2D eigenvalue weighted by Gasteiger charge is -2.27. The van der Waals surface area contributed by atoms with Crippen molar-refractivity contribution in [3.63, 3.8) is 0 Å². The molecule has 1 unspecified atom stereocenters. The first-order valence-corrected chi connectivity index (χ1v) is 10.9. The zero-order chi connectivity index (χ0) is 21.5.